The molecule has 1 aromatic carbocycles. The summed E-state index contributed by atoms with van der Waals surface area (Å²) >= 11 is 5.95. The minimum Gasteiger partial charge on any atom is -0.333 e. The first-order chi connectivity index (χ1) is 12.5. The van der Waals surface area contributed by atoms with Gasteiger partial charge >= 0.3 is 0 Å². The summed E-state index contributed by atoms with van der Waals surface area (Å²) in [6.07, 6.45) is 7.54. The minimum atomic E-state index is -0.593. The van der Waals surface area contributed by atoms with Gasteiger partial charge in [-0.1, -0.05) is 30.9 Å². The van der Waals surface area contributed by atoms with Gasteiger partial charge in [-0.05, 0) is 49.8 Å². The number of benzene rings is 1. The van der Waals surface area contributed by atoms with Gasteiger partial charge in [0.1, 0.15) is 12.4 Å². The van der Waals surface area contributed by atoms with E-state index < -0.39 is 11.7 Å². The molecule has 1 spiro atoms. The molecular formula is C20H24ClFN2O2. The summed E-state index contributed by atoms with van der Waals surface area (Å²) in [5, 5.41) is 0.320. The van der Waals surface area contributed by atoms with Gasteiger partial charge < -0.3 is 9.80 Å². The predicted octanol–water partition coefficient (Wildman–Crippen LogP) is 3.88. The van der Waals surface area contributed by atoms with Crippen molar-refractivity contribution in [1.82, 2.24) is 9.80 Å². The highest BCUT2D eigenvalue weighted by Crippen LogP contribution is 2.40. The van der Waals surface area contributed by atoms with Crippen LogP contribution in [0.1, 0.15) is 55.3 Å². The summed E-state index contributed by atoms with van der Waals surface area (Å²) in [6, 6.07) is 3.99. The van der Waals surface area contributed by atoms with Crippen molar-refractivity contribution in [2.24, 2.45) is 5.92 Å². The summed E-state index contributed by atoms with van der Waals surface area (Å²) in [7, 11) is 0. The average Bonchev–Trinajstić information content (AvgIpc) is 3.44. The van der Waals surface area contributed by atoms with Crippen molar-refractivity contribution in [3.05, 3.63) is 34.6 Å². The highest BCUT2D eigenvalue weighted by Gasteiger charge is 2.48. The molecule has 1 aliphatic heterocycles. The number of piperazine rings is 1. The van der Waals surface area contributed by atoms with E-state index in [1.807, 2.05) is 0 Å². The highest BCUT2D eigenvalue weighted by atomic mass is 35.5. The topological polar surface area (TPSA) is 40.6 Å². The molecule has 140 valence electrons. The van der Waals surface area contributed by atoms with Crippen LogP contribution in [-0.2, 0) is 4.79 Å². The molecule has 2 aliphatic carbocycles. The monoisotopic (exact) mass is 378 g/mol. The highest BCUT2D eigenvalue weighted by molar-refractivity contribution is 6.31. The molecule has 4 nitrogen and oxygen atoms in total. The first-order valence-electron chi connectivity index (χ1n) is 9.53. The lowest BCUT2D eigenvalue weighted by Crippen LogP contribution is -2.66. The number of hydrogen-bond acceptors (Lipinski definition) is 2. The van der Waals surface area contributed by atoms with Gasteiger partial charge in [0.2, 0.25) is 5.91 Å². The second-order valence-corrected chi connectivity index (χ2v) is 8.45. The summed E-state index contributed by atoms with van der Waals surface area (Å²) in [5.74, 6) is -0.412. The predicted molar refractivity (Wildman–Crippen MR) is 97.6 cm³/mol. The third kappa shape index (κ3) is 3.34. The van der Waals surface area contributed by atoms with E-state index in [9.17, 15) is 14.0 Å². The van der Waals surface area contributed by atoms with Crippen LogP contribution in [0, 0.1) is 11.7 Å². The van der Waals surface area contributed by atoms with E-state index in [-0.39, 0.29) is 23.6 Å². The molecule has 0 aromatic heterocycles. The minimum absolute atomic E-state index is 0.000774. The molecule has 0 unspecified atom stereocenters. The molecule has 6 heteroatoms. The third-order valence-corrected chi connectivity index (χ3v) is 6.29. The zero-order valence-corrected chi connectivity index (χ0v) is 15.6. The molecule has 26 heavy (non-hydrogen) atoms. The van der Waals surface area contributed by atoms with E-state index in [1.54, 1.807) is 0 Å². The van der Waals surface area contributed by atoms with E-state index in [4.69, 9.17) is 11.6 Å². The zero-order chi connectivity index (χ0) is 18.3. The Bertz CT molecular complexity index is 729. The van der Waals surface area contributed by atoms with E-state index in [0.29, 0.717) is 17.5 Å². The molecule has 3 fully saturated rings. The smallest absolute Gasteiger partial charge is 0.257 e. The number of nitrogens with zero attached hydrogens (tertiary/aromatic N) is 2. The van der Waals surface area contributed by atoms with Crippen molar-refractivity contribution in [2.45, 2.75) is 50.5 Å². The Morgan fingerprint density at radius 3 is 2.65 bits per heavy atom. The number of rotatable bonds is 3. The second kappa shape index (κ2) is 6.84. The van der Waals surface area contributed by atoms with Crippen molar-refractivity contribution >= 4 is 23.4 Å². The van der Waals surface area contributed by atoms with Crippen molar-refractivity contribution in [2.75, 3.05) is 19.6 Å². The molecule has 4 rings (SSSR count). The van der Waals surface area contributed by atoms with Gasteiger partial charge in [0.25, 0.3) is 5.91 Å². The van der Waals surface area contributed by atoms with Crippen molar-refractivity contribution < 1.29 is 14.0 Å². The fourth-order valence-electron chi connectivity index (χ4n) is 4.48. The first kappa shape index (κ1) is 17.8. The summed E-state index contributed by atoms with van der Waals surface area (Å²) in [5.41, 5.74) is -0.326. The van der Waals surface area contributed by atoms with E-state index in [2.05, 4.69) is 4.90 Å². The van der Waals surface area contributed by atoms with Crippen LogP contribution in [-0.4, -0.2) is 46.8 Å². The second-order valence-electron chi connectivity index (χ2n) is 8.02. The van der Waals surface area contributed by atoms with Crippen LogP contribution in [0.2, 0.25) is 5.02 Å². The van der Waals surface area contributed by atoms with E-state index in [0.717, 1.165) is 32.2 Å². The third-order valence-electron chi connectivity index (χ3n) is 6.05. The Hall–Kier alpha value is -1.62. The molecule has 0 bridgehead atoms. The SMILES string of the molecule is O=C(c1cc(Cl)ccc1F)N1CC(=O)N(CC2CC2)C2(CCCCC2)C1. The Labute approximate surface area is 158 Å². The van der Waals surface area contributed by atoms with Crippen LogP contribution in [0.25, 0.3) is 0 Å². The van der Waals surface area contributed by atoms with Gasteiger partial charge in [0, 0.05) is 18.1 Å². The maximum Gasteiger partial charge on any atom is 0.257 e. The van der Waals surface area contributed by atoms with Gasteiger partial charge in [0.15, 0.2) is 0 Å². The van der Waals surface area contributed by atoms with Crippen LogP contribution < -0.4 is 0 Å². The zero-order valence-electron chi connectivity index (χ0n) is 14.8. The number of carbonyl (C=O) groups excluding carboxylic acids is 2. The van der Waals surface area contributed by atoms with Gasteiger partial charge in [-0.15, -0.1) is 0 Å². The molecule has 2 saturated carbocycles. The lowest BCUT2D eigenvalue weighted by molar-refractivity contribution is -0.147. The largest absolute Gasteiger partial charge is 0.333 e. The number of carbonyl (C=O) groups is 2. The Balaban J connectivity index is 1.61. The van der Waals surface area contributed by atoms with Crippen LogP contribution >= 0.6 is 11.6 Å². The fourth-order valence-corrected chi connectivity index (χ4v) is 4.65. The molecule has 2 amide bonds. The summed E-state index contributed by atoms with van der Waals surface area (Å²) < 4.78 is 14.2. The molecule has 1 heterocycles. The molecular weight excluding hydrogens is 355 g/mol. The van der Waals surface area contributed by atoms with Gasteiger partial charge in [-0.25, -0.2) is 4.39 Å². The Morgan fingerprint density at radius 2 is 1.96 bits per heavy atom. The lowest BCUT2D eigenvalue weighted by atomic mass is 9.78. The molecule has 0 N–H and O–H groups in total. The standard InChI is InChI=1S/C20H24ClFN2O2/c21-15-6-7-17(22)16(10-15)19(26)23-12-18(25)24(11-14-4-5-14)20(13-23)8-2-1-3-9-20/h6-7,10,14H,1-5,8-9,11-13H2. The lowest BCUT2D eigenvalue weighted by Gasteiger charge is -2.52. The van der Waals surface area contributed by atoms with E-state index >= 15 is 0 Å². The number of amides is 2. The first-order valence-corrected chi connectivity index (χ1v) is 9.91. The maximum absolute atomic E-state index is 14.2. The summed E-state index contributed by atoms with van der Waals surface area (Å²) in [4.78, 5) is 29.5. The molecule has 1 aromatic rings. The van der Waals surface area contributed by atoms with Crippen LogP contribution in [0.3, 0.4) is 0 Å². The molecule has 0 atom stereocenters. The van der Waals surface area contributed by atoms with Crippen LogP contribution in [0.5, 0.6) is 0 Å². The average molecular weight is 379 g/mol. The van der Waals surface area contributed by atoms with E-state index in [1.165, 1.54) is 42.4 Å². The quantitative estimate of drug-likeness (QED) is 0.800. The van der Waals surface area contributed by atoms with Crippen LogP contribution in [0.15, 0.2) is 18.2 Å². The van der Waals surface area contributed by atoms with Gasteiger partial charge in [0.05, 0.1) is 11.1 Å². The Morgan fingerprint density at radius 1 is 1.23 bits per heavy atom. The number of hydrogen-bond donors (Lipinski definition) is 0. The van der Waals surface area contributed by atoms with Gasteiger partial charge in [-0.3, -0.25) is 9.59 Å². The van der Waals surface area contributed by atoms with Crippen molar-refractivity contribution in [1.29, 1.82) is 0 Å². The molecule has 0 radical (unpaired) electrons. The fraction of sp³-hybridized carbons (Fsp3) is 0.600. The molecule has 3 aliphatic rings. The maximum atomic E-state index is 14.2. The van der Waals surface area contributed by atoms with Crippen molar-refractivity contribution in [3.8, 4) is 0 Å². The van der Waals surface area contributed by atoms with Crippen LogP contribution in [0.4, 0.5) is 4.39 Å². The van der Waals surface area contributed by atoms with Gasteiger partial charge in [-0.2, -0.15) is 0 Å². The molecule has 1 saturated heterocycles. The Kier molecular flexibility index (Phi) is 4.68. The number of halogens is 2. The summed E-state index contributed by atoms with van der Waals surface area (Å²) in [6.45, 7) is 1.34. The normalized spacial score (nSPS) is 22.8. The van der Waals surface area contributed by atoms with Crippen molar-refractivity contribution in [3.63, 3.8) is 0 Å².